The molecule has 0 unspecified atom stereocenters. The third-order valence-electron chi connectivity index (χ3n) is 4.52. The monoisotopic (exact) mass is 391 g/mol. The second-order valence-corrected chi connectivity index (χ2v) is 7.06. The van der Waals surface area contributed by atoms with Gasteiger partial charge in [0, 0.05) is 0 Å². The molecular formula is C24H25NO4. The van der Waals surface area contributed by atoms with Crippen LogP contribution in [0.2, 0.25) is 0 Å². The van der Waals surface area contributed by atoms with Crippen LogP contribution in [0.1, 0.15) is 53.9 Å². The summed E-state index contributed by atoms with van der Waals surface area (Å²) in [5, 5.41) is 4.19. The Hall–Kier alpha value is -3.34. The predicted octanol–water partition coefficient (Wildman–Crippen LogP) is 5.61. The molecule has 0 spiro atoms. The summed E-state index contributed by atoms with van der Waals surface area (Å²) in [6.07, 6.45) is 1.47. The van der Waals surface area contributed by atoms with E-state index < -0.39 is 0 Å². The van der Waals surface area contributed by atoms with E-state index in [-0.39, 0.29) is 12.4 Å². The number of hydrogen-bond donors (Lipinski definition) is 0. The maximum Gasteiger partial charge on any atom is 0.235 e. The minimum atomic E-state index is -0.202. The lowest BCUT2D eigenvalue weighted by Gasteiger charge is -2.07. The van der Waals surface area contributed by atoms with Gasteiger partial charge in [0.2, 0.25) is 5.78 Å². The van der Waals surface area contributed by atoms with Crippen LogP contribution in [0, 0.1) is 0 Å². The normalized spacial score (nSPS) is 11.5. The molecule has 0 N–H and O–H groups in total. The van der Waals surface area contributed by atoms with E-state index in [1.54, 1.807) is 24.3 Å². The summed E-state index contributed by atoms with van der Waals surface area (Å²) >= 11 is 0. The summed E-state index contributed by atoms with van der Waals surface area (Å²) in [6, 6.07) is 19.0. The Balaban J connectivity index is 1.50. The van der Waals surface area contributed by atoms with Crippen LogP contribution in [0.5, 0.6) is 5.75 Å². The molecule has 2 aromatic carbocycles. The van der Waals surface area contributed by atoms with E-state index >= 15 is 0 Å². The maximum absolute atomic E-state index is 11.9. The van der Waals surface area contributed by atoms with Crippen LogP contribution in [0.4, 0.5) is 0 Å². The van der Waals surface area contributed by atoms with Gasteiger partial charge in [-0.1, -0.05) is 43.3 Å². The van der Waals surface area contributed by atoms with E-state index in [9.17, 15) is 4.79 Å². The SMILES string of the molecule is C/C(=N\OCc1ccc(C(C)C)cc1)c1ccc(OCC(=O)c2ccco2)cc1. The Kier molecular flexibility index (Phi) is 6.85. The van der Waals surface area contributed by atoms with Crippen molar-refractivity contribution >= 4 is 11.5 Å². The first-order chi connectivity index (χ1) is 14.0. The zero-order chi connectivity index (χ0) is 20.6. The number of carbonyl (C=O) groups excluding carboxylic acids is 1. The van der Waals surface area contributed by atoms with Crippen LogP contribution >= 0.6 is 0 Å². The number of rotatable bonds is 9. The van der Waals surface area contributed by atoms with Gasteiger partial charge in [0.25, 0.3) is 0 Å². The van der Waals surface area contributed by atoms with Crippen molar-refractivity contribution in [1.82, 2.24) is 0 Å². The van der Waals surface area contributed by atoms with Gasteiger partial charge in [-0.25, -0.2) is 0 Å². The molecule has 0 aliphatic heterocycles. The number of nitrogens with zero attached hydrogens (tertiary/aromatic N) is 1. The average Bonchev–Trinajstić information content (AvgIpc) is 3.28. The van der Waals surface area contributed by atoms with Crippen LogP contribution in [-0.4, -0.2) is 18.1 Å². The molecule has 0 saturated carbocycles. The minimum Gasteiger partial charge on any atom is -0.485 e. The fourth-order valence-electron chi connectivity index (χ4n) is 2.70. The average molecular weight is 391 g/mol. The summed E-state index contributed by atoms with van der Waals surface area (Å²) in [5.74, 6) is 1.21. The van der Waals surface area contributed by atoms with Crippen molar-refractivity contribution in [2.45, 2.75) is 33.3 Å². The van der Waals surface area contributed by atoms with E-state index in [0.717, 1.165) is 16.8 Å². The molecular weight excluding hydrogens is 366 g/mol. The Morgan fingerprint density at radius 2 is 1.76 bits per heavy atom. The van der Waals surface area contributed by atoms with Crippen LogP contribution in [-0.2, 0) is 11.4 Å². The first kappa shape index (κ1) is 20.4. The molecule has 0 atom stereocenters. The van der Waals surface area contributed by atoms with Crippen molar-refractivity contribution in [2.75, 3.05) is 6.61 Å². The number of oxime groups is 1. The first-order valence-corrected chi connectivity index (χ1v) is 9.58. The molecule has 0 radical (unpaired) electrons. The first-order valence-electron chi connectivity index (χ1n) is 9.58. The standard InChI is InChI=1S/C24H25NO4/c1-17(2)20-8-6-19(7-9-20)15-29-25-18(3)21-10-12-22(13-11-21)28-16-23(26)24-5-4-14-27-24/h4-14,17H,15-16H2,1-3H3/b25-18+. The van der Waals surface area contributed by atoms with Crippen LogP contribution in [0.15, 0.2) is 76.5 Å². The van der Waals surface area contributed by atoms with E-state index in [1.807, 2.05) is 19.1 Å². The summed E-state index contributed by atoms with van der Waals surface area (Å²) in [7, 11) is 0. The van der Waals surface area contributed by atoms with Gasteiger partial charge in [-0.05, 0) is 65.9 Å². The molecule has 0 fully saturated rings. The number of hydrogen-bond acceptors (Lipinski definition) is 5. The summed E-state index contributed by atoms with van der Waals surface area (Å²) in [6.45, 7) is 6.58. The molecule has 0 bridgehead atoms. The summed E-state index contributed by atoms with van der Waals surface area (Å²) < 4.78 is 10.6. The van der Waals surface area contributed by atoms with Gasteiger partial charge in [-0.2, -0.15) is 0 Å². The zero-order valence-electron chi connectivity index (χ0n) is 16.9. The highest BCUT2D eigenvalue weighted by Gasteiger charge is 2.09. The highest BCUT2D eigenvalue weighted by atomic mass is 16.6. The second-order valence-electron chi connectivity index (χ2n) is 7.06. The maximum atomic E-state index is 11.9. The van der Waals surface area contributed by atoms with Crippen molar-refractivity contribution in [1.29, 1.82) is 0 Å². The summed E-state index contributed by atoms with van der Waals surface area (Å²) in [4.78, 5) is 17.4. The van der Waals surface area contributed by atoms with Crippen LogP contribution < -0.4 is 4.74 Å². The lowest BCUT2D eigenvalue weighted by Crippen LogP contribution is -2.10. The fraction of sp³-hybridized carbons (Fsp3) is 0.250. The van der Waals surface area contributed by atoms with Crippen LogP contribution in [0.25, 0.3) is 0 Å². The second kappa shape index (κ2) is 9.73. The van der Waals surface area contributed by atoms with Crippen molar-refractivity contribution in [3.8, 4) is 5.75 Å². The molecule has 1 heterocycles. The van der Waals surface area contributed by atoms with Gasteiger partial charge in [-0.15, -0.1) is 0 Å². The van der Waals surface area contributed by atoms with Crippen molar-refractivity contribution in [2.24, 2.45) is 5.16 Å². The minimum absolute atomic E-state index is 0.0708. The van der Waals surface area contributed by atoms with Gasteiger partial charge in [-0.3, -0.25) is 4.79 Å². The van der Waals surface area contributed by atoms with Gasteiger partial charge in [0.1, 0.15) is 12.4 Å². The number of carbonyl (C=O) groups is 1. The largest absolute Gasteiger partial charge is 0.485 e. The van der Waals surface area contributed by atoms with Crippen molar-refractivity contribution in [3.63, 3.8) is 0 Å². The van der Waals surface area contributed by atoms with Gasteiger partial charge >= 0.3 is 0 Å². The predicted molar refractivity (Wildman–Crippen MR) is 113 cm³/mol. The third kappa shape index (κ3) is 5.82. The lowest BCUT2D eigenvalue weighted by molar-refractivity contribution is 0.0894. The molecule has 3 rings (SSSR count). The highest BCUT2D eigenvalue weighted by molar-refractivity contribution is 5.98. The van der Waals surface area contributed by atoms with Gasteiger partial charge in [0.05, 0.1) is 12.0 Å². The molecule has 0 amide bonds. The molecule has 5 nitrogen and oxygen atoms in total. The van der Waals surface area contributed by atoms with E-state index in [2.05, 4.69) is 43.3 Å². The molecule has 5 heteroatoms. The Labute approximate surface area is 170 Å². The molecule has 3 aromatic rings. The quantitative estimate of drug-likeness (QED) is 0.270. The molecule has 1 aromatic heterocycles. The molecule has 0 aliphatic rings. The van der Waals surface area contributed by atoms with E-state index in [0.29, 0.717) is 24.0 Å². The topological polar surface area (TPSA) is 61.0 Å². The molecule has 29 heavy (non-hydrogen) atoms. The Bertz CT molecular complexity index is 940. The zero-order valence-corrected chi connectivity index (χ0v) is 16.9. The lowest BCUT2D eigenvalue weighted by atomic mass is 10.0. The third-order valence-corrected chi connectivity index (χ3v) is 4.52. The van der Waals surface area contributed by atoms with Crippen molar-refractivity contribution in [3.05, 3.63) is 89.4 Å². The number of ketones is 1. The number of Topliss-reactive ketones (excluding diaryl/α,β-unsaturated/α-hetero) is 1. The smallest absolute Gasteiger partial charge is 0.235 e. The Morgan fingerprint density at radius 3 is 2.38 bits per heavy atom. The van der Waals surface area contributed by atoms with E-state index in [1.165, 1.54) is 11.8 Å². The fourth-order valence-corrected chi connectivity index (χ4v) is 2.70. The van der Waals surface area contributed by atoms with Crippen molar-refractivity contribution < 1.29 is 18.8 Å². The Morgan fingerprint density at radius 1 is 1.03 bits per heavy atom. The van der Waals surface area contributed by atoms with E-state index in [4.69, 9.17) is 14.0 Å². The van der Waals surface area contributed by atoms with Gasteiger partial charge in [0.15, 0.2) is 12.4 Å². The van der Waals surface area contributed by atoms with Gasteiger partial charge < -0.3 is 14.0 Å². The molecule has 150 valence electrons. The number of ether oxygens (including phenoxy) is 1. The number of furan rings is 1. The highest BCUT2D eigenvalue weighted by Crippen LogP contribution is 2.16. The van der Waals surface area contributed by atoms with Crippen LogP contribution in [0.3, 0.4) is 0 Å². The molecule has 0 saturated heterocycles. The molecule has 0 aliphatic carbocycles. The number of benzene rings is 2. The summed E-state index contributed by atoms with van der Waals surface area (Å²) in [5.41, 5.74) is 4.07.